The van der Waals surface area contributed by atoms with Gasteiger partial charge in [-0.2, -0.15) is 5.10 Å². The van der Waals surface area contributed by atoms with Crippen molar-refractivity contribution in [3.63, 3.8) is 0 Å². The van der Waals surface area contributed by atoms with Crippen molar-refractivity contribution in [1.29, 1.82) is 0 Å². The van der Waals surface area contributed by atoms with Gasteiger partial charge >= 0.3 is 5.69 Å². The van der Waals surface area contributed by atoms with Gasteiger partial charge in [0.2, 0.25) is 0 Å². The zero-order valence-corrected chi connectivity index (χ0v) is 16.9. The first-order valence-corrected chi connectivity index (χ1v) is 10.2. The molecule has 154 valence electrons. The molecule has 1 N–H and O–H groups in total. The molecule has 1 saturated heterocycles. The maximum atomic E-state index is 13.1. The van der Waals surface area contributed by atoms with E-state index in [1.807, 2.05) is 42.1 Å². The number of aromatic nitrogens is 7. The van der Waals surface area contributed by atoms with Gasteiger partial charge in [0.1, 0.15) is 12.7 Å². The first-order chi connectivity index (χ1) is 15.2. The van der Waals surface area contributed by atoms with Crippen molar-refractivity contribution in [3.05, 3.63) is 65.9 Å². The fraction of sp³-hybridized carbons (Fsp3) is 0.227. The molecule has 9 heteroatoms. The second-order valence-corrected chi connectivity index (χ2v) is 7.83. The Balaban J connectivity index is 1.54. The largest absolute Gasteiger partial charge is 0.329 e. The van der Waals surface area contributed by atoms with Gasteiger partial charge in [0.05, 0.1) is 28.8 Å². The molecule has 0 radical (unpaired) electrons. The summed E-state index contributed by atoms with van der Waals surface area (Å²) in [6.45, 7) is 1.72. The lowest BCUT2D eigenvalue weighted by Gasteiger charge is -2.12. The Morgan fingerprint density at radius 1 is 1.10 bits per heavy atom. The Labute approximate surface area is 177 Å². The van der Waals surface area contributed by atoms with Gasteiger partial charge in [0.25, 0.3) is 0 Å². The Morgan fingerprint density at radius 3 is 2.74 bits per heavy atom. The number of rotatable bonds is 3. The fourth-order valence-corrected chi connectivity index (χ4v) is 4.42. The highest BCUT2D eigenvalue weighted by Crippen LogP contribution is 2.30. The number of nitrogens with one attached hydrogen (secondary N) is 1. The molecule has 9 nitrogen and oxygen atoms in total. The van der Waals surface area contributed by atoms with E-state index < -0.39 is 0 Å². The molecule has 0 spiro atoms. The van der Waals surface area contributed by atoms with E-state index in [-0.39, 0.29) is 11.7 Å². The average Bonchev–Trinajstić information content (AvgIpc) is 3.56. The molecule has 6 rings (SSSR count). The van der Waals surface area contributed by atoms with Crippen molar-refractivity contribution < 1.29 is 0 Å². The number of benzene rings is 1. The molecule has 5 aromatic rings. The van der Waals surface area contributed by atoms with Gasteiger partial charge in [0, 0.05) is 30.7 Å². The number of imidazole rings is 1. The van der Waals surface area contributed by atoms with Gasteiger partial charge in [-0.15, -0.1) is 0 Å². The molecule has 1 aliphatic heterocycles. The predicted octanol–water partition coefficient (Wildman–Crippen LogP) is 2.07. The van der Waals surface area contributed by atoms with Crippen LogP contribution in [0.25, 0.3) is 38.9 Å². The van der Waals surface area contributed by atoms with E-state index in [9.17, 15) is 4.79 Å². The maximum absolute atomic E-state index is 13.1. The molecule has 1 unspecified atom stereocenters. The predicted molar refractivity (Wildman–Crippen MR) is 117 cm³/mol. The van der Waals surface area contributed by atoms with Crippen LogP contribution >= 0.6 is 0 Å². The van der Waals surface area contributed by atoms with Crippen molar-refractivity contribution in [2.45, 2.75) is 12.5 Å². The summed E-state index contributed by atoms with van der Waals surface area (Å²) in [6.07, 6.45) is 7.66. The highest BCUT2D eigenvalue weighted by molar-refractivity contribution is 6.04. The van der Waals surface area contributed by atoms with Gasteiger partial charge in [-0.05, 0) is 42.8 Å². The minimum Gasteiger partial charge on any atom is -0.315 e. The Bertz CT molecular complexity index is 1460. The van der Waals surface area contributed by atoms with Gasteiger partial charge in [-0.1, -0.05) is 6.07 Å². The molecular formula is C22H20N8O. The van der Waals surface area contributed by atoms with Crippen LogP contribution in [0.1, 0.15) is 12.5 Å². The van der Waals surface area contributed by atoms with Crippen LogP contribution in [0.15, 0.2) is 60.2 Å². The highest BCUT2D eigenvalue weighted by atomic mass is 16.1. The standard InChI is InChI=1S/C22H20N8O/c1-28-19-11-25-18-4-2-14(15-3-5-20(26-9-15)29-13-24-12-27-29)8-17(18)21(19)30(22(28)31)16-6-7-23-10-16/h2-5,8-9,11-13,16,23H,6-7,10H2,1H3. The smallest absolute Gasteiger partial charge is 0.315 e. The molecular weight excluding hydrogens is 392 g/mol. The average molecular weight is 412 g/mol. The lowest BCUT2D eigenvalue weighted by atomic mass is 10.0. The second kappa shape index (κ2) is 6.85. The van der Waals surface area contributed by atoms with Crippen LogP contribution in [0, 0.1) is 0 Å². The molecule has 0 bridgehead atoms. The molecule has 5 heterocycles. The van der Waals surface area contributed by atoms with Crippen LogP contribution in [-0.4, -0.2) is 47.0 Å². The summed E-state index contributed by atoms with van der Waals surface area (Å²) >= 11 is 0. The Kier molecular flexibility index (Phi) is 3.97. The quantitative estimate of drug-likeness (QED) is 0.487. The topological polar surface area (TPSA) is 95.5 Å². The van der Waals surface area contributed by atoms with Crippen molar-refractivity contribution in [1.82, 2.24) is 39.2 Å². The van der Waals surface area contributed by atoms with Crippen molar-refractivity contribution >= 4 is 21.9 Å². The molecule has 1 atom stereocenters. The van der Waals surface area contributed by atoms with Gasteiger partial charge in [0.15, 0.2) is 5.82 Å². The van der Waals surface area contributed by atoms with Crippen molar-refractivity contribution in [3.8, 4) is 16.9 Å². The molecule has 0 aliphatic carbocycles. The van der Waals surface area contributed by atoms with E-state index in [0.29, 0.717) is 5.82 Å². The first-order valence-electron chi connectivity index (χ1n) is 10.2. The number of hydrogen-bond acceptors (Lipinski definition) is 6. The third-order valence-electron chi connectivity index (χ3n) is 6.05. The van der Waals surface area contributed by atoms with Gasteiger partial charge < -0.3 is 5.32 Å². The summed E-state index contributed by atoms with van der Waals surface area (Å²) in [4.78, 5) is 26.2. The van der Waals surface area contributed by atoms with Gasteiger partial charge in [-0.3, -0.25) is 14.1 Å². The monoisotopic (exact) mass is 412 g/mol. The highest BCUT2D eigenvalue weighted by Gasteiger charge is 2.24. The van der Waals surface area contributed by atoms with Crippen LogP contribution in [0.3, 0.4) is 0 Å². The van der Waals surface area contributed by atoms with Gasteiger partial charge in [-0.25, -0.2) is 19.4 Å². The van der Waals surface area contributed by atoms with E-state index in [4.69, 9.17) is 0 Å². The summed E-state index contributed by atoms with van der Waals surface area (Å²) in [5.41, 5.74) is 4.67. The van der Waals surface area contributed by atoms with Crippen LogP contribution in [0.2, 0.25) is 0 Å². The summed E-state index contributed by atoms with van der Waals surface area (Å²) < 4.78 is 5.26. The minimum atomic E-state index is 0.00209. The van der Waals surface area contributed by atoms with Crippen LogP contribution in [0.4, 0.5) is 0 Å². The lowest BCUT2D eigenvalue weighted by molar-refractivity contribution is 0.536. The summed E-state index contributed by atoms with van der Waals surface area (Å²) in [5.74, 6) is 0.705. The van der Waals surface area contributed by atoms with Crippen LogP contribution < -0.4 is 11.0 Å². The number of nitrogens with zero attached hydrogens (tertiary/aromatic N) is 7. The molecule has 1 fully saturated rings. The van der Waals surface area contributed by atoms with Crippen LogP contribution in [0.5, 0.6) is 0 Å². The van der Waals surface area contributed by atoms with E-state index in [0.717, 1.165) is 52.6 Å². The molecule has 0 saturated carbocycles. The number of pyridine rings is 2. The zero-order valence-electron chi connectivity index (χ0n) is 16.9. The number of hydrogen-bond donors (Lipinski definition) is 1. The number of fused-ring (bicyclic) bond motifs is 3. The maximum Gasteiger partial charge on any atom is 0.329 e. The van der Waals surface area contributed by atoms with Crippen molar-refractivity contribution in [2.75, 3.05) is 13.1 Å². The Hall–Kier alpha value is -3.85. The molecule has 0 amide bonds. The number of aryl methyl sites for hydroxylation is 1. The summed E-state index contributed by atoms with van der Waals surface area (Å²) in [5, 5.41) is 8.46. The SMILES string of the molecule is Cn1c(=O)n(C2CCNC2)c2c3cc(-c4ccc(-n5cncn5)nc4)ccc3ncc21. The summed E-state index contributed by atoms with van der Waals surface area (Å²) in [7, 11) is 1.81. The third kappa shape index (κ3) is 2.77. The van der Waals surface area contributed by atoms with E-state index >= 15 is 0 Å². The molecule has 1 aliphatic rings. The first kappa shape index (κ1) is 18.0. The lowest BCUT2D eigenvalue weighted by Crippen LogP contribution is -2.27. The van der Waals surface area contributed by atoms with E-state index in [1.165, 1.54) is 6.33 Å². The molecule has 4 aromatic heterocycles. The Morgan fingerprint density at radius 2 is 2.00 bits per heavy atom. The fourth-order valence-electron chi connectivity index (χ4n) is 4.42. The minimum absolute atomic E-state index is 0.00209. The van der Waals surface area contributed by atoms with E-state index in [2.05, 4.69) is 31.4 Å². The second-order valence-electron chi connectivity index (χ2n) is 7.83. The normalized spacial score (nSPS) is 16.5. The van der Waals surface area contributed by atoms with E-state index in [1.54, 1.807) is 21.8 Å². The third-order valence-corrected chi connectivity index (χ3v) is 6.05. The van der Waals surface area contributed by atoms with Crippen molar-refractivity contribution in [2.24, 2.45) is 7.05 Å². The molecule has 31 heavy (non-hydrogen) atoms. The molecule has 1 aromatic carbocycles. The van der Waals surface area contributed by atoms with Crippen LogP contribution in [-0.2, 0) is 7.05 Å². The zero-order chi connectivity index (χ0) is 20.9. The summed E-state index contributed by atoms with van der Waals surface area (Å²) in [6, 6.07) is 10.2.